The van der Waals surface area contributed by atoms with Crippen LogP contribution in [0.3, 0.4) is 0 Å². The first-order chi connectivity index (χ1) is 10.9. The molecule has 0 bridgehead atoms. The number of hydrogen-bond acceptors (Lipinski definition) is 4. The minimum Gasteiger partial charge on any atom is -0.364 e. The summed E-state index contributed by atoms with van der Waals surface area (Å²) in [4.78, 5) is 16.8. The zero-order valence-corrected chi connectivity index (χ0v) is 12.4. The molecule has 0 radical (unpaired) electrons. The SMILES string of the molecule is c1ccc(CNc2ncnc3nc(C4CCCC4)[nH]c23)cc1. The highest BCUT2D eigenvalue weighted by Gasteiger charge is 2.21. The fourth-order valence-electron chi connectivity index (χ4n) is 3.15. The van der Waals surface area contributed by atoms with E-state index in [0.29, 0.717) is 5.92 Å². The second kappa shape index (κ2) is 5.75. The minimum atomic E-state index is 0.552. The lowest BCUT2D eigenvalue weighted by Crippen LogP contribution is -2.02. The van der Waals surface area contributed by atoms with E-state index < -0.39 is 0 Å². The molecule has 4 rings (SSSR count). The lowest BCUT2D eigenvalue weighted by atomic mass is 10.1. The van der Waals surface area contributed by atoms with Crippen LogP contribution < -0.4 is 5.32 Å². The maximum Gasteiger partial charge on any atom is 0.183 e. The molecular weight excluding hydrogens is 274 g/mol. The van der Waals surface area contributed by atoms with E-state index in [0.717, 1.165) is 29.4 Å². The molecule has 1 saturated carbocycles. The Morgan fingerprint density at radius 2 is 1.91 bits per heavy atom. The summed E-state index contributed by atoms with van der Waals surface area (Å²) in [5.74, 6) is 2.44. The maximum atomic E-state index is 4.66. The van der Waals surface area contributed by atoms with E-state index in [9.17, 15) is 0 Å². The molecule has 2 N–H and O–H groups in total. The van der Waals surface area contributed by atoms with Crippen molar-refractivity contribution in [2.75, 3.05) is 5.32 Å². The van der Waals surface area contributed by atoms with Gasteiger partial charge in [-0.15, -0.1) is 0 Å². The number of rotatable bonds is 4. The van der Waals surface area contributed by atoms with Crippen LogP contribution in [0.25, 0.3) is 11.2 Å². The fraction of sp³-hybridized carbons (Fsp3) is 0.353. The molecule has 1 aliphatic carbocycles. The monoisotopic (exact) mass is 293 g/mol. The Balaban J connectivity index is 1.60. The normalized spacial score (nSPS) is 15.5. The van der Waals surface area contributed by atoms with Crippen LogP contribution in [0.15, 0.2) is 36.7 Å². The van der Waals surface area contributed by atoms with Crippen molar-refractivity contribution in [1.29, 1.82) is 0 Å². The van der Waals surface area contributed by atoms with Crippen LogP contribution in [-0.2, 0) is 6.54 Å². The summed E-state index contributed by atoms with van der Waals surface area (Å²) in [6.07, 6.45) is 6.62. The second-order valence-electron chi connectivity index (χ2n) is 5.86. The smallest absolute Gasteiger partial charge is 0.183 e. The summed E-state index contributed by atoms with van der Waals surface area (Å²) < 4.78 is 0. The van der Waals surface area contributed by atoms with Gasteiger partial charge in [-0.3, -0.25) is 0 Å². The Labute approximate surface area is 129 Å². The molecule has 0 amide bonds. The Bertz CT molecular complexity index is 759. The number of fused-ring (bicyclic) bond motifs is 1. The van der Waals surface area contributed by atoms with Gasteiger partial charge in [0.15, 0.2) is 11.5 Å². The van der Waals surface area contributed by atoms with E-state index in [2.05, 4.69) is 37.4 Å². The topological polar surface area (TPSA) is 66.5 Å². The van der Waals surface area contributed by atoms with Crippen LogP contribution in [0, 0.1) is 0 Å². The van der Waals surface area contributed by atoms with E-state index in [4.69, 9.17) is 0 Å². The number of imidazole rings is 1. The third-order valence-electron chi connectivity index (χ3n) is 4.35. The van der Waals surface area contributed by atoms with Gasteiger partial charge >= 0.3 is 0 Å². The molecule has 0 spiro atoms. The van der Waals surface area contributed by atoms with Gasteiger partial charge in [-0.05, 0) is 18.4 Å². The van der Waals surface area contributed by atoms with Gasteiger partial charge in [0.2, 0.25) is 0 Å². The minimum absolute atomic E-state index is 0.552. The summed E-state index contributed by atoms with van der Waals surface area (Å²) in [5.41, 5.74) is 2.90. The number of hydrogen-bond donors (Lipinski definition) is 2. The fourth-order valence-corrected chi connectivity index (χ4v) is 3.15. The molecule has 5 heteroatoms. The molecular formula is C17H19N5. The first kappa shape index (κ1) is 13.2. The molecule has 2 heterocycles. The first-order valence-corrected chi connectivity index (χ1v) is 7.88. The van der Waals surface area contributed by atoms with Crippen molar-refractivity contribution in [2.24, 2.45) is 0 Å². The van der Waals surface area contributed by atoms with Crippen molar-refractivity contribution < 1.29 is 0 Å². The molecule has 5 nitrogen and oxygen atoms in total. The highest BCUT2D eigenvalue weighted by Crippen LogP contribution is 2.33. The van der Waals surface area contributed by atoms with Gasteiger partial charge in [0.1, 0.15) is 17.7 Å². The largest absolute Gasteiger partial charge is 0.364 e. The van der Waals surface area contributed by atoms with Gasteiger partial charge in [0.25, 0.3) is 0 Å². The van der Waals surface area contributed by atoms with Crippen LogP contribution in [0.5, 0.6) is 0 Å². The lowest BCUT2D eigenvalue weighted by Gasteiger charge is -2.06. The lowest BCUT2D eigenvalue weighted by molar-refractivity contribution is 0.681. The third-order valence-corrected chi connectivity index (χ3v) is 4.35. The number of anilines is 1. The molecule has 0 atom stereocenters. The third kappa shape index (κ3) is 2.54. The summed E-state index contributed by atoms with van der Waals surface area (Å²) in [6, 6.07) is 10.3. The summed E-state index contributed by atoms with van der Waals surface area (Å²) in [5, 5.41) is 3.39. The van der Waals surface area contributed by atoms with Crippen molar-refractivity contribution in [3.63, 3.8) is 0 Å². The predicted octanol–water partition coefficient (Wildman–Crippen LogP) is 3.62. The first-order valence-electron chi connectivity index (χ1n) is 7.88. The van der Waals surface area contributed by atoms with Crippen LogP contribution in [0.2, 0.25) is 0 Å². The molecule has 22 heavy (non-hydrogen) atoms. The van der Waals surface area contributed by atoms with Crippen LogP contribution in [0.1, 0.15) is 43.0 Å². The van der Waals surface area contributed by atoms with Crippen molar-refractivity contribution in [1.82, 2.24) is 19.9 Å². The number of H-pyrrole nitrogens is 1. The van der Waals surface area contributed by atoms with Crippen molar-refractivity contribution >= 4 is 17.0 Å². The van der Waals surface area contributed by atoms with Gasteiger partial charge in [0.05, 0.1) is 0 Å². The highest BCUT2D eigenvalue weighted by molar-refractivity contribution is 5.82. The number of aromatic amines is 1. The molecule has 3 aromatic rings. The van der Waals surface area contributed by atoms with Gasteiger partial charge in [-0.2, -0.15) is 0 Å². The van der Waals surface area contributed by atoms with E-state index in [1.165, 1.54) is 31.2 Å². The molecule has 1 aliphatic rings. The van der Waals surface area contributed by atoms with Crippen LogP contribution in [0.4, 0.5) is 5.82 Å². The Hall–Kier alpha value is -2.43. The number of aromatic nitrogens is 4. The van der Waals surface area contributed by atoms with E-state index in [-0.39, 0.29) is 0 Å². The average Bonchev–Trinajstić information content (AvgIpc) is 3.22. The number of benzene rings is 1. The highest BCUT2D eigenvalue weighted by atomic mass is 15.1. The number of nitrogens with one attached hydrogen (secondary N) is 2. The quantitative estimate of drug-likeness (QED) is 0.771. The molecule has 0 unspecified atom stereocenters. The van der Waals surface area contributed by atoms with Crippen LogP contribution in [-0.4, -0.2) is 19.9 Å². The van der Waals surface area contributed by atoms with Crippen molar-refractivity contribution in [3.8, 4) is 0 Å². The molecule has 0 aliphatic heterocycles. The molecule has 0 saturated heterocycles. The van der Waals surface area contributed by atoms with E-state index in [1.54, 1.807) is 6.33 Å². The Morgan fingerprint density at radius 3 is 2.73 bits per heavy atom. The van der Waals surface area contributed by atoms with Crippen molar-refractivity contribution in [2.45, 2.75) is 38.1 Å². The molecule has 1 fully saturated rings. The van der Waals surface area contributed by atoms with Gasteiger partial charge in [-0.1, -0.05) is 43.2 Å². The van der Waals surface area contributed by atoms with Gasteiger partial charge in [-0.25, -0.2) is 15.0 Å². The molecule has 2 aromatic heterocycles. The Kier molecular flexibility index (Phi) is 3.46. The summed E-state index contributed by atoms with van der Waals surface area (Å²) in [6.45, 7) is 0.741. The zero-order chi connectivity index (χ0) is 14.8. The molecule has 112 valence electrons. The second-order valence-corrected chi connectivity index (χ2v) is 5.86. The van der Waals surface area contributed by atoms with Crippen LogP contribution >= 0.6 is 0 Å². The summed E-state index contributed by atoms with van der Waals surface area (Å²) >= 11 is 0. The Morgan fingerprint density at radius 1 is 1.09 bits per heavy atom. The average molecular weight is 293 g/mol. The predicted molar refractivity (Wildman–Crippen MR) is 86.7 cm³/mol. The van der Waals surface area contributed by atoms with E-state index >= 15 is 0 Å². The maximum absolute atomic E-state index is 4.66. The van der Waals surface area contributed by atoms with Gasteiger partial charge < -0.3 is 10.3 Å². The van der Waals surface area contributed by atoms with E-state index in [1.807, 2.05) is 18.2 Å². The zero-order valence-electron chi connectivity index (χ0n) is 12.4. The van der Waals surface area contributed by atoms with Gasteiger partial charge in [0, 0.05) is 12.5 Å². The molecule has 1 aromatic carbocycles. The summed E-state index contributed by atoms with van der Waals surface area (Å²) in [7, 11) is 0. The van der Waals surface area contributed by atoms with Crippen molar-refractivity contribution in [3.05, 3.63) is 48.0 Å². The number of nitrogens with zero attached hydrogens (tertiary/aromatic N) is 3. The standard InChI is InChI=1S/C17H19N5/c1-2-6-12(7-3-1)10-18-16-14-17(20-11-19-16)22-15(21-14)13-8-4-5-9-13/h1-3,6-7,11,13H,4-5,8-10H2,(H2,18,19,20,21,22).